The Labute approximate surface area is 104 Å². The van der Waals surface area contributed by atoms with Crippen molar-refractivity contribution in [1.29, 1.82) is 0 Å². The molecule has 0 radical (unpaired) electrons. The SMILES string of the molecule is CC(CCCCCCC(=O)O)NCCCCO. The molecule has 17 heavy (non-hydrogen) atoms. The van der Waals surface area contributed by atoms with Gasteiger partial charge in [-0.2, -0.15) is 0 Å². The van der Waals surface area contributed by atoms with Gasteiger partial charge in [0, 0.05) is 19.1 Å². The molecular weight excluding hydrogens is 218 g/mol. The first-order valence-electron chi connectivity index (χ1n) is 6.73. The van der Waals surface area contributed by atoms with E-state index < -0.39 is 5.97 Å². The third kappa shape index (κ3) is 13.3. The zero-order valence-corrected chi connectivity index (χ0v) is 11.0. The van der Waals surface area contributed by atoms with Gasteiger partial charge in [-0.15, -0.1) is 0 Å². The van der Waals surface area contributed by atoms with Gasteiger partial charge in [-0.1, -0.05) is 19.3 Å². The highest BCUT2D eigenvalue weighted by Gasteiger charge is 2.01. The average Bonchev–Trinajstić information content (AvgIpc) is 2.29. The maximum absolute atomic E-state index is 10.3. The van der Waals surface area contributed by atoms with Gasteiger partial charge >= 0.3 is 5.97 Å². The monoisotopic (exact) mass is 245 g/mol. The normalized spacial score (nSPS) is 12.6. The largest absolute Gasteiger partial charge is 0.481 e. The molecule has 0 saturated carbocycles. The molecule has 1 atom stereocenters. The van der Waals surface area contributed by atoms with Gasteiger partial charge in [0.2, 0.25) is 0 Å². The maximum Gasteiger partial charge on any atom is 0.303 e. The summed E-state index contributed by atoms with van der Waals surface area (Å²) in [4.78, 5) is 10.3. The number of hydrogen-bond acceptors (Lipinski definition) is 3. The predicted molar refractivity (Wildman–Crippen MR) is 69.1 cm³/mol. The van der Waals surface area contributed by atoms with Gasteiger partial charge in [0.15, 0.2) is 0 Å². The highest BCUT2D eigenvalue weighted by molar-refractivity contribution is 5.66. The number of rotatable bonds is 12. The first kappa shape index (κ1) is 16.4. The van der Waals surface area contributed by atoms with Gasteiger partial charge < -0.3 is 15.5 Å². The van der Waals surface area contributed by atoms with Crippen LogP contribution in [0.5, 0.6) is 0 Å². The van der Waals surface area contributed by atoms with Gasteiger partial charge in [0.1, 0.15) is 0 Å². The summed E-state index contributed by atoms with van der Waals surface area (Å²) in [5.74, 6) is -0.691. The predicted octanol–water partition coefficient (Wildman–Crippen LogP) is 2.16. The van der Waals surface area contributed by atoms with Crippen LogP contribution in [-0.4, -0.2) is 35.4 Å². The van der Waals surface area contributed by atoms with Crippen LogP contribution in [0.15, 0.2) is 0 Å². The fraction of sp³-hybridized carbons (Fsp3) is 0.923. The number of aliphatic hydroxyl groups is 1. The zero-order chi connectivity index (χ0) is 12.9. The Morgan fingerprint density at radius 3 is 2.47 bits per heavy atom. The maximum atomic E-state index is 10.3. The molecular formula is C13H27NO3. The summed E-state index contributed by atoms with van der Waals surface area (Å²) in [7, 11) is 0. The molecule has 0 aromatic carbocycles. The smallest absolute Gasteiger partial charge is 0.303 e. The van der Waals surface area contributed by atoms with Gasteiger partial charge in [-0.25, -0.2) is 0 Å². The fourth-order valence-corrected chi connectivity index (χ4v) is 1.77. The zero-order valence-electron chi connectivity index (χ0n) is 11.0. The first-order valence-corrected chi connectivity index (χ1v) is 6.73. The second-order valence-electron chi connectivity index (χ2n) is 4.63. The van der Waals surface area contributed by atoms with Crippen molar-refractivity contribution in [3.63, 3.8) is 0 Å². The van der Waals surface area contributed by atoms with Crippen molar-refractivity contribution in [2.75, 3.05) is 13.2 Å². The Kier molecular flexibility index (Phi) is 11.4. The van der Waals surface area contributed by atoms with Crippen molar-refractivity contribution in [3.8, 4) is 0 Å². The summed E-state index contributed by atoms with van der Waals surface area (Å²) in [6.07, 6.45) is 7.44. The number of carboxylic acids is 1. The lowest BCUT2D eigenvalue weighted by molar-refractivity contribution is -0.137. The van der Waals surface area contributed by atoms with Crippen molar-refractivity contribution in [2.24, 2.45) is 0 Å². The molecule has 4 nitrogen and oxygen atoms in total. The minimum absolute atomic E-state index is 0.277. The molecule has 0 aliphatic carbocycles. The van der Waals surface area contributed by atoms with E-state index in [-0.39, 0.29) is 6.61 Å². The van der Waals surface area contributed by atoms with E-state index in [4.69, 9.17) is 10.2 Å². The quantitative estimate of drug-likeness (QED) is 0.461. The molecule has 102 valence electrons. The summed E-state index contributed by atoms with van der Waals surface area (Å²) in [6, 6.07) is 0.521. The lowest BCUT2D eigenvalue weighted by atomic mass is 10.1. The summed E-state index contributed by atoms with van der Waals surface area (Å²) in [5.41, 5.74) is 0. The molecule has 3 N–H and O–H groups in total. The van der Waals surface area contributed by atoms with Gasteiger partial charge in [0.25, 0.3) is 0 Å². The molecule has 4 heteroatoms. The topological polar surface area (TPSA) is 69.6 Å². The molecule has 0 saturated heterocycles. The number of aliphatic hydroxyl groups excluding tert-OH is 1. The first-order chi connectivity index (χ1) is 8.16. The Hall–Kier alpha value is -0.610. The minimum Gasteiger partial charge on any atom is -0.481 e. The summed E-state index contributed by atoms with van der Waals surface area (Å²) in [5, 5.41) is 20.5. The van der Waals surface area contributed by atoms with Crippen LogP contribution in [0.25, 0.3) is 0 Å². The van der Waals surface area contributed by atoms with Crippen LogP contribution in [0.2, 0.25) is 0 Å². The van der Waals surface area contributed by atoms with Crippen LogP contribution < -0.4 is 5.32 Å². The van der Waals surface area contributed by atoms with Crippen molar-refractivity contribution >= 4 is 5.97 Å². The van der Waals surface area contributed by atoms with E-state index in [0.29, 0.717) is 12.5 Å². The van der Waals surface area contributed by atoms with Crippen LogP contribution in [0.4, 0.5) is 0 Å². The Balaban J connectivity index is 3.16. The number of unbranched alkanes of at least 4 members (excludes halogenated alkanes) is 4. The van der Waals surface area contributed by atoms with E-state index in [1.54, 1.807) is 0 Å². The number of carbonyl (C=O) groups is 1. The highest BCUT2D eigenvalue weighted by Crippen LogP contribution is 2.07. The highest BCUT2D eigenvalue weighted by atomic mass is 16.4. The lowest BCUT2D eigenvalue weighted by Gasteiger charge is -2.13. The van der Waals surface area contributed by atoms with E-state index in [1.807, 2.05) is 0 Å². The standard InChI is InChI=1S/C13H27NO3/c1-12(14-10-6-7-11-15)8-4-2-3-5-9-13(16)17/h12,14-15H,2-11H2,1H3,(H,16,17). The van der Waals surface area contributed by atoms with Crippen LogP contribution >= 0.6 is 0 Å². The number of aliphatic carboxylic acids is 1. The van der Waals surface area contributed by atoms with Gasteiger partial charge in [0.05, 0.1) is 0 Å². The molecule has 0 fully saturated rings. The van der Waals surface area contributed by atoms with Crippen molar-refractivity contribution < 1.29 is 15.0 Å². The van der Waals surface area contributed by atoms with E-state index in [2.05, 4.69) is 12.2 Å². The van der Waals surface area contributed by atoms with Gasteiger partial charge in [-0.3, -0.25) is 4.79 Å². The van der Waals surface area contributed by atoms with E-state index in [1.165, 1.54) is 0 Å². The van der Waals surface area contributed by atoms with Crippen LogP contribution in [0.1, 0.15) is 58.3 Å². The summed E-state index contributed by atoms with van der Waals surface area (Å²) < 4.78 is 0. The second kappa shape index (κ2) is 11.9. The molecule has 0 amide bonds. The molecule has 0 spiro atoms. The number of carboxylic acid groups (broad SMARTS) is 1. The Morgan fingerprint density at radius 1 is 1.12 bits per heavy atom. The minimum atomic E-state index is -0.691. The second-order valence-corrected chi connectivity index (χ2v) is 4.63. The fourth-order valence-electron chi connectivity index (χ4n) is 1.77. The van der Waals surface area contributed by atoms with E-state index in [0.717, 1.165) is 51.5 Å². The molecule has 1 unspecified atom stereocenters. The molecule has 0 heterocycles. The molecule has 0 aliphatic heterocycles. The van der Waals surface area contributed by atoms with Gasteiger partial charge in [-0.05, 0) is 39.2 Å². The number of nitrogens with one attached hydrogen (secondary N) is 1. The third-order valence-corrected chi connectivity index (χ3v) is 2.86. The van der Waals surface area contributed by atoms with E-state index >= 15 is 0 Å². The molecule has 0 aromatic rings. The van der Waals surface area contributed by atoms with E-state index in [9.17, 15) is 4.79 Å². The summed E-state index contributed by atoms with van der Waals surface area (Å²) >= 11 is 0. The van der Waals surface area contributed by atoms with Crippen LogP contribution in [0.3, 0.4) is 0 Å². The van der Waals surface area contributed by atoms with Crippen molar-refractivity contribution in [1.82, 2.24) is 5.32 Å². The molecule has 0 bridgehead atoms. The molecule has 0 aromatic heterocycles. The van der Waals surface area contributed by atoms with Crippen molar-refractivity contribution in [3.05, 3.63) is 0 Å². The number of hydrogen-bond donors (Lipinski definition) is 3. The third-order valence-electron chi connectivity index (χ3n) is 2.86. The lowest BCUT2D eigenvalue weighted by Crippen LogP contribution is -2.26. The van der Waals surface area contributed by atoms with Crippen LogP contribution in [0, 0.1) is 0 Å². The van der Waals surface area contributed by atoms with Crippen LogP contribution in [-0.2, 0) is 4.79 Å². The van der Waals surface area contributed by atoms with Crippen molar-refractivity contribution in [2.45, 2.75) is 64.3 Å². The molecule has 0 aliphatic rings. The average molecular weight is 245 g/mol. The Morgan fingerprint density at radius 2 is 1.82 bits per heavy atom. The Bertz CT molecular complexity index is 186. The molecule has 0 rings (SSSR count). The summed E-state index contributed by atoms with van der Waals surface area (Å²) in [6.45, 7) is 3.43.